The van der Waals surface area contributed by atoms with Crippen molar-refractivity contribution in [3.8, 4) is 0 Å². The summed E-state index contributed by atoms with van der Waals surface area (Å²) in [4.78, 5) is 34.1. The number of carboxylic acid groups (broad SMARTS) is 1. The molecule has 0 saturated carbocycles. The molecule has 0 fully saturated rings. The van der Waals surface area contributed by atoms with E-state index in [2.05, 4.69) is 5.32 Å². The Bertz CT molecular complexity index is 527. The number of pyridine rings is 1. The minimum atomic E-state index is -1.06. The van der Waals surface area contributed by atoms with Crippen molar-refractivity contribution in [1.29, 1.82) is 0 Å². The van der Waals surface area contributed by atoms with Crippen molar-refractivity contribution >= 4 is 23.6 Å². The predicted molar refractivity (Wildman–Crippen MR) is 73.6 cm³/mol. The van der Waals surface area contributed by atoms with Gasteiger partial charge in [-0.15, -0.1) is 0 Å². The van der Waals surface area contributed by atoms with Gasteiger partial charge in [0.05, 0.1) is 5.56 Å². The number of hydrogen-bond acceptors (Lipinski definition) is 4. The molecule has 0 radical (unpaired) electrons. The standard InChI is InChI=1S/C12H16N2O4S/c1-14-7-8(3-4-10(14)15)11(16)13-9(12(17)18)5-6-19-2/h3-4,7,9H,5-6H2,1-2H3,(H,13,16)(H,17,18)/t9-/m0/s1. The fraction of sp³-hybridized carbons (Fsp3) is 0.417. The van der Waals surface area contributed by atoms with E-state index in [1.165, 1.54) is 41.7 Å². The minimum Gasteiger partial charge on any atom is -0.480 e. The Balaban J connectivity index is 2.78. The van der Waals surface area contributed by atoms with Crippen molar-refractivity contribution in [2.24, 2.45) is 7.05 Å². The van der Waals surface area contributed by atoms with Gasteiger partial charge in [-0.3, -0.25) is 9.59 Å². The number of amides is 1. The molecule has 0 aliphatic rings. The summed E-state index contributed by atoms with van der Waals surface area (Å²) in [6.45, 7) is 0. The first-order valence-corrected chi connectivity index (χ1v) is 7.04. The molecule has 1 atom stereocenters. The largest absolute Gasteiger partial charge is 0.480 e. The highest BCUT2D eigenvalue weighted by atomic mass is 32.2. The monoisotopic (exact) mass is 284 g/mol. The molecule has 1 amide bonds. The zero-order valence-electron chi connectivity index (χ0n) is 10.8. The molecule has 0 bridgehead atoms. The van der Waals surface area contributed by atoms with Crippen molar-refractivity contribution < 1.29 is 14.7 Å². The van der Waals surface area contributed by atoms with Crippen LogP contribution in [0.3, 0.4) is 0 Å². The molecule has 1 aromatic rings. The minimum absolute atomic E-state index is 0.228. The molecule has 19 heavy (non-hydrogen) atoms. The summed E-state index contributed by atoms with van der Waals surface area (Å²) >= 11 is 1.51. The molecular formula is C12H16N2O4S. The van der Waals surface area contributed by atoms with E-state index in [-0.39, 0.29) is 11.1 Å². The van der Waals surface area contributed by atoms with Crippen LogP contribution in [-0.4, -0.2) is 39.6 Å². The van der Waals surface area contributed by atoms with E-state index in [0.29, 0.717) is 12.2 Å². The van der Waals surface area contributed by atoms with E-state index in [9.17, 15) is 14.4 Å². The Morgan fingerprint density at radius 2 is 2.16 bits per heavy atom. The molecule has 0 saturated heterocycles. The molecule has 0 spiro atoms. The summed E-state index contributed by atoms with van der Waals surface area (Å²) in [5, 5.41) is 11.5. The number of aromatic nitrogens is 1. The van der Waals surface area contributed by atoms with Crippen molar-refractivity contribution in [1.82, 2.24) is 9.88 Å². The highest BCUT2D eigenvalue weighted by molar-refractivity contribution is 7.98. The smallest absolute Gasteiger partial charge is 0.326 e. The molecule has 6 nitrogen and oxygen atoms in total. The molecule has 0 aliphatic carbocycles. The van der Waals surface area contributed by atoms with Gasteiger partial charge in [-0.25, -0.2) is 4.79 Å². The number of nitrogens with zero attached hydrogens (tertiary/aromatic N) is 1. The van der Waals surface area contributed by atoms with Crippen LogP contribution in [0.4, 0.5) is 0 Å². The van der Waals surface area contributed by atoms with Crippen molar-refractivity contribution in [2.45, 2.75) is 12.5 Å². The van der Waals surface area contributed by atoms with Crippen molar-refractivity contribution in [3.63, 3.8) is 0 Å². The fourth-order valence-corrected chi connectivity index (χ4v) is 1.93. The van der Waals surface area contributed by atoms with Crippen molar-refractivity contribution in [2.75, 3.05) is 12.0 Å². The molecule has 0 unspecified atom stereocenters. The van der Waals surface area contributed by atoms with Gasteiger partial charge in [-0.05, 0) is 24.5 Å². The third kappa shape index (κ3) is 4.44. The Morgan fingerprint density at radius 1 is 1.47 bits per heavy atom. The molecule has 1 heterocycles. The SMILES string of the molecule is CSCC[C@H](NC(=O)c1ccc(=O)n(C)c1)C(=O)O. The lowest BCUT2D eigenvalue weighted by molar-refractivity contribution is -0.139. The normalized spacial score (nSPS) is 11.9. The van der Waals surface area contributed by atoms with Gasteiger partial charge in [0.25, 0.3) is 5.91 Å². The zero-order valence-corrected chi connectivity index (χ0v) is 11.6. The Kier molecular flexibility index (Phi) is 5.62. The molecule has 7 heteroatoms. The average Bonchev–Trinajstić information content (AvgIpc) is 2.37. The summed E-state index contributed by atoms with van der Waals surface area (Å²) in [5.41, 5.74) is 0.0335. The highest BCUT2D eigenvalue weighted by Crippen LogP contribution is 2.03. The molecule has 1 aromatic heterocycles. The van der Waals surface area contributed by atoms with E-state index < -0.39 is 17.9 Å². The lowest BCUT2D eigenvalue weighted by atomic mass is 10.2. The molecule has 1 rings (SSSR count). The first-order chi connectivity index (χ1) is 8.95. The second-order valence-corrected chi connectivity index (χ2v) is 5.00. The van der Waals surface area contributed by atoms with E-state index in [0.717, 1.165) is 0 Å². The summed E-state index contributed by atoms with van der Waals surface area (Å²) < 4.78 is 1.27. The summed E-state index contributed by atoms with van der Waals surface area (Å²) in [5.74, 6) is -0.916. The highest BCUT2D eigenvalue weighted by Gasteiger charge is 2.20. The Morgan fingerprint density at radius 3 is 2.68 bits per heavy atom. The molecule has 104 valence electrons. The molecule has 0 aliphatic heterocycles. The van der Waals surface area contributed by atoms with Gasteiger partial charge < -0.3 is 15.0 Å². The predicted octanol–water partition coefficient (Wildman–Crippen LogP) is 0.321. The summed E-state index contributed by atoms with van der Waals surface area (Å²) in [6.07, 6.45) is 3.60. The van der Waals surface area contributed by atoms with Crippen LogP contribution in [0.15, 0.2) is 23.1 Å². The number of thioether (sulfide) groups is 1. The number of aliphatic carboxylic acids is 1. The average molecular weight is 284 g/mol. The third-order valence-corrected chi connectivity index (χ3v) is 3.21. The zero-order chi connectivity index (χ0) is 14.4. The maximum absolute atomic E-state index is 11.9. The first-order valence-electron chi connectivity index (χ1n) is 5.65. The number of nitrogens with one attached hydrogen (secondary N) is 1. The molecule has 2 N–H and O–H groups in total. The van der Waals surface area contributed by atoms with Crippen LogP contribution in [0.5, 0.6) is 0 Å². The van der Waals surface area contributed by atoms with Crippen LogP contribution < -0.4 is 10.9 Å². The van der Waals surface area contributed by atoms with E-state index >= 15 is 0 Å². The van der Waals surface area contributed by atoms with Gasteiger partial charge in [-0.1, -0.05) is 0 Å². The Hall–Kier alpha value is -1.76. The number of hydrogen-bond donors (Lipinski definition) is 2. The Labute approximate surface area is 114 Å². The lowest BCUT2D eigenvalue weighted by Gasteiger charge is -2.14. The maximum Gasteiger partial charge on any atom is 0.326 e. The van der Waals surface area contributed by atoms with Crippen molar-refractivity contribution in [3.05, 3.63) is 34.2 Å². The first kappa shape index (κ1) is 15.3. The maximum atomic E-state index is 11.9. The number of carbonyl (C=O) groups excluding carboxylic acids is 1. The van der Waals surface area contributed by atoms with Crippen LogP contribution >= 0.6 is 11.8 Å². The third-order valence-electron chi connectivity index (χ3n) is 2.56. The summed E-state index contributed by atoms with van der Waals surface area (Å²) in [6, 6.07) is 1.73. The van der Waals surface area contributed by atoms with Crippen LogP contribution in [0.1, 0.15) is 16.8 Å². The quantitative estimate of drug-likeness (QED) is 0.785. The van der Waals surface area contributed by atoms with Gasteiger partial charge >= 0.3 is 5.97 Å². The number of carboxylic acids is 1. The number of aryl methyl sites for hydroxylation is 1. The van der Waals surface area contributed by atoms with Gasteiger partial charge in [-0.2, -0.15) is 11.8 Å². The van der Waals surface area contributed by atoms with Crippen LogP contribution in [0, 0.1) is 0 Å². The lowest BCUT2D eigenvalue weighted by Crippen LogP contribution is -2.41. The number of rotatable bonds is 6. The number of carbonyl (C=O) groups is 2. The molecular weight excluding hydrogens is 268 g/mol. The second-order valence-electron chi connectivity index (χ2n) is 4.01. The van der Waals surface area contributed by atoms with Crippen LogP contribution in [0.25, 0.3) is 0 Å². The van der Waals surface area contributed by atoms with Crippen LogP contribution in [0.2, 0.25) is 0 Å². The van der Waals surface area contributed by atoms with Gasteiger partial charge in [0.1, 0.15) is 6.04 Å². The molecule has 0 aromatic carbocycles. The van der Waals surface area contributed by atoms with E-state index in [4.69, 9.17) is 5.11 Å². The van der Waals surface area contributed by atoms with Gasteiger partial charge in [0.15, 0.2) is 0 Å². The van der Waals surface area contributed by atoms with E-state index in [1.54, 1.807) is 0 Å². The van der Waals surface area contributed by atoms with E-state index in [1.807, 2.05) is 6.26 Å². The summed E-state index contributed by atoms with van der Waals surface area (Å²) in [7, 11) is 1.53. The topological polar surface area (TPSA) is 88.4 Å². The fourth-order valence-electron chi connectivity index (χ4n) is 1.46. The van der Waals surface area contributed by atoms with Gasteiger partial charge in [0.2, 0.25) is 5.56 Å². The second kappa shape index (κ2) is 6.98. The van der Waals surface area contributed by atoms with Gasteiger partial charge in [0, 0.05) is 19.3 Å². The van der Waals surface area contributed by atoms with Crippen LogP contribution in [-0.2, 0) is 11.8 Å².